The first-order chi connectivity index (χ1) is 7.80. The van der Waals surface area contributed by atoms with Crippen molar-refractivity contribution in [1.82, 2.24) is 4.98 Å². The zero-order valence-electron chi connectivity index (χ0n) is 10.3. The molecule has 0 aliphatic carbocycles. The fraction of sp³-hybridized carbons (Fsp3) is 0.583. The van der Waals surface area contributed by atoms with Crippen LogP contribution in [0.15, 0.2) is 18.2 Å². The zero-order chi connectivity index (χ0) is 13.1. The van der Waals surface area contributed by atoms with Crippen molar-refractivity contribution < 1.29 is 18.3 Å². The van der Waals surface area contributed by atoms with E-state index in [0.29, 0.717) is 12.3 Å². The molecule has 1 N–H and O–H groups in total. The zero-order valence-corrected chi connectivity index (χ0v) is 11.3. The Hall–Kier alpha value is -0.750. The van der Waals surface area contributed by atoms with Crippen molar-refractivity contribution in [3.05, 3.63) is 29.6 Å². The molecule has 104 valence electrons. The standard InChI is InChI=1S/C12H16F3NO.H2S/c1-8(2)6-7-10(17)9-4-3-5-11(16-9)12(13,14)15;/h3-5,8,10,17H,6-7H2,1-2H3;1H2/t10-;/m0./s1. The number of rotatable bonds is 4. The van der Waals surface area contributed by atoms with E-state index in [1.807, 2.05) is 13.8 Å². The van der Waals surface area contributed by atoms with Gasteiger partial charge in [-0.3, -0.25) is 0 Å². The third-order valence-corrected chi connectivity index (χ3v) is 2.42. The molecule has 6 heteroatoms. The van der Waals surface area contributed by atoms with E-state index in [-0.39, 0.29) is 19.2 Å². The van der Waals surface area contributed by atoms with Crippen LogP contribution in [0, 0.1) is 5.92 Å². The van der Waals surface area contributed by atoms with Crippen LogP contribution in [0.2, 0.25) is 0 Å². The molecule has 2 nitrogen and oxygen atoms in total. The molecule has 18 heavy (non-hydrogen) atoms. The van der Waals surface area contributed by atoms with Crippen molar-refractivity contribution in [2.75, 3.05) is 0 Å². The van der Waals surface area contributed by atoms with Gasteiger partial charge in [0.25, 0.3) is 0 Å². The highest BCUT2D eigenvalue weighted by Gasteiger charge is 2.32. The van der Waals surface area contributed by atoms with Crippen LogP contribution < -0.4 is 0 Å². The minimum absolute atomic E-state index is 0. The average Bonchev–Trinajstić information content (AvgIpc) is 2.25. The number of halogens is 3. The first kappa shape index (κ1) is 17.2. The molecule has 0 saturated heterocycles. The maximum Gasteiger partial charge on any atom is 0.433 e. The lowest BCUT2D eigenvalue weighted by Crippen LogP contribution is -2.11. The fourth-order valence-corrected chi connectivity index (χ4v) is 1.43. The van der Waals surface area contributed by atoms with E-state index in [1.54, 1.807) is 0 Å². The Kier molecular flexibility index (Phi) is 6.70. The number of hydrogen-bond donors (Lipinski definition) is 1. The molecule has 0 bridgehead atoms. The molecular weight excluding hydrogens is 263 g/mol. The predicted octanol–water partition coefficient (Wildman–Crippen LogP) is 3.68. The van der Waals surface area contributed by atoms with E-state index in [9.17, 15) is 18.3 Å². The van der Waals surface area contributed by atoms with Crippen molar-refractivity contribution >= 4 is 13.5 Å². The molecule has 0 fully saturated rings. The minimum Gasteiger partial charge on any atom is -0.387 e. The van der Waals surface area contributed by atoms with Gasteiger partial charge in [-0.1, -0.05) is 19.9 Å². The van der Waals surface area contributed by atoms with E-state index < -0.39 is 18.0 Å². The van der Waals surface area contributed by atoms with Gasteiger partial charge < -0.3 is 5.11 Å². The molecule has 0 saturated carbocycles. The van der Waals surface area contributed by atoms with Gasteiger partial charge in [-0.2, -0.15) is 26.7 Å². The van der Waals surface area contributed by atoms with E-state index in [4.69, 9.17) is 0 Å². The van der Waals surface area contributed by atoms with Crippen LogP contribution in [0.25, 0.3) is 0 Å². The van der Waals surface area contributed by atoms with Crippen LogP contribution in [0.3, 0.4) is 0 Å². The van der Waals surface area contributed by atoms with Crippen LogP contribution >= 0.6 is 13.5 Å². The number of nitrogens with zero attached hydrogens (tertiary/aromatic N) is 1. The van der Waals surface area contributed by atoms with Gasteiger partial charge in [-0.05, 0) is 30.9 Å². The van der Waals surface area contributed by atoms with Crippen molar-refractivity contribution in [3.8, 4) is 0 Å². The Bertz CT molecular complexity index is 369. The summed E-state index contributed by atoms with van der Waals surface area (Å²) >= 11 is 0. The van der Waals surface area contributed by atoms with Gasteiger partial charge in [0.05, 0.1) is 11.8 Å². The normalized spacial score (nSPS) is 13.3. The predicted molar refractivity (Wildman–Crippen MR) is 68.7 cm³/mol. The first-order valence-electron chi connectivity index (χ1n) is 5.53. The van der Waals surface area contributed by atoms with Crippen molar-refractivity contribution in [1.29, 1.82) is 0 Å². The van der Waals surface area contributed by atoms with E-state index >= 15 is 0 Å². The third-order valence-electron chi connectivity index (χ3n) is 2.42. The second-order valence-corrected chi connectivity index (χ2v) is 4.43. The van der Waals surface area contributed by atoms with Crippen LogP contribution in [0.5, 0.6) is 0 Å². The smallest absolute Gasteiger partial charge is 0.387 e. The Labute approximate surface area is 112 Å². The van der Waals surface area contributed by atoms with Gasteiger partial charge in [-0.25, -0.2) is 4.98 Å². The summed E-state index contributed by atoms with van der Waals surface area (Å²) in [5, 5.41) is 9.73. The highest BCUT2D eigenvalue weighted by Crippen LogP contribution is 2.29. The van der Waals surface area contributed by atoms with Gasteiger partial charge in [0, 0.05) is 0 Å². The molecule has 0 unspecified atom stereocenters. The first-order valence-corrected chi connectivity index (χ1v) is 5.53. The number of aliphatic hydroxyl groups is 1. The van der Waals surface area contributed by atoms with Gasteiger partial charge in [0.15, 0.2) is 0 Å². The summed E-state index contributed by atoms with van der Waals surface area (Å²) in [6.45, 7) is 3.98. The molecule has 0 aromatic carbocycles. The lowest BCUT2D eigenvalue weighted by Gasteiger charge is -2.13. The lowest BCUT2D eigenvalue weighted by atomic mass is 10.0. The topological polar surface area (TPSA) is 33.1 Å². The van der Waals surface area contributed by atoms with Gasteiger partial charge in [0.2, 0.25) is 0 Å². The average molecular weight is 281 g/mol. The number of alkyl halides is 3. The highest BCUT2D eigenvalue weighted by molar-refractivity contribution is 7.59. The summed E-state index contributed by atoms with van der Waals surface area (Å²) < 4.78 is 37.2. The lowest BCUT2D eigenvalue weighted by molar-refractivity contribution is -0.141. The summed E-state index contributed by atoms with van der Waals surface area (Å²) in [6.07, 6.45) is -4.22. The monoisotopic (exact) mass is 281 g/mol. The molecule has 0 aliphatic heterocycles. The number of aromatic nitrogens is 1. The maximum atomic E-state index is 12.4. The largest absolute Gasteiger partial charge is 0.433 e. The summed E-state index contributed by atoms with van der Waals surface area (Å²) in [5.41, 5.74) is -0.876. The van der Waals surface area contributed by atoms with Crippen LogP contribution in [0.4, 0.5) is 13.2 Å². The number of hydrogen-bond acceptors (Lipinski definition) is 2. The van der Waals surface area contributed by atoms with Crippen molar-refractivity contribution in [2.45, 2.75) is 39.0 Å². The summed E-state index contributed by atoms with van der Waals surface area (Å²) in [7, 11) is 0. The van der Waals surface area contributed by atoms with Crippen LogP contribution in [-0.2, 0) is 6.18 Å². The Morgan fingerprint density at radius 3 is 2.33 bits per heavy atom. The third kappa shape index (κ3) is 5.27. The number of aliphatic hydroxyl groups excluding tert-OH is 1. The molecule has 1 heterocycles. The summed E-state index contributed by atoms with van der Waals surface area (Å²) in [5.74, 6) is 0.399. The Morgan fingerprint density at radius 2 is 1.83 bits per heavy atom. The van der Waals surface area contributed by atoms with E-state index in [2.05, 4.69) is 4.98 Å². The quantitative estimate of drug-likeness (QED) is 0.913. The molecule has 0 radical (unpaired) electrons. The van der Waals surface area contributed by atoms with Gasteiger partial charge in [0.1, 0.15) is 5.69 Å². The molecule has 0 amide bonds. The second kappa shape index (κ2) is 6.99. The maximum absolute atomic E-state index is 12.4. The van der Waals surface area contributed by atoms with Crippen molar-refractivity contribution in [3.63, 3.8) is 0 Å². The highest BCUT2D eigenvalue weighted by atomic mass is 32.1. The SMILES string of the molecule is CC(C)CC[C@H](O)c1cccc(C(F)(F)F)n1.S. The van der Waals surface area contributed by atoms with Gasteiger partial charge >= 0.3 is 6.18 Å². The van der Waals surface area contributed by atoms with E-state index in [1.165, 1.54) is 12.1 Å². The van der Waals surface area contributed by atoms with Crippen molar-refractivity contribution in [2.24, 2.45) is 5.92 Å². The molecule has 1 aromatic rings. The van der Waals surface area contributed by atoms with Crippen LogP contribution in [-0.4, -0.2) is 10.1 Å². The minimum atomic E-state index is -4.46. The molecular formula is C12H18F3NOS. The molecule has 1 rings (SSSR count). The van der Waals surface area contributed by atoms with Crippen LogP contribution in [0.1, 0.15) is 44.2 Å². The van der Waals surface area contributed by atoms with E-state index in [0.717, 1.165) is 12.5 Å². The Balaban J connectivity index is 0.00000289. The molecule has 1 atom stereocenters. The molecule has 0 spiro atoms. The molecule has 1 aromatic heterocycles. The van der Waals surface area contributed by atoms with Gasteiger partial charge in [-0.15, -0.1) is 0 Å². The second-order valence-electron chi connectivity index (χ2n) is 4.43. The number of pyridine rings is 1. The summed E-state index contributed by atoms with van der Waals surface area (Å²) in [6, 6.07) is 3.59. The summed E-state index contributed by atoms with van der Waals surface area (Å²) in [4.78, 5) is 3.45. The fourth-order valence-electron chi connectivity index (χ4n) is 1.43. The Morgan fingerprint density at radius 1 is 1.22 bits per heavy atom. The molecule has 0 aliphatic rings.